The van der Waals surface area contributed by atoms with Gasteiger partial charge in [-0.25, -0.2) is 15.3 Å². The molecule has 0 fully saturated rings. The van der Waals surface area contributed by atoms with Crippen LogP contribution in [0, 0.1) is 4.91 Å². The number of nitrogens with zero attached hydrogens (tertiary/aromatic N) is 5. The van der Waals surface area contributed by atoms with Crippen LogP contribution in [0.3, 0.4) is 0 Å². The second-order valence-electron chi connectivity index (χ2n) is 4.43. The molecule has 3 aliphatic rings. The molecule has 7 heteroatoms. The number of aromatic nitrogens is 2. The van der Waals surface area contributed by atoms with Gasteiger partial charge in [-0.2, -0.15) is 0 Å². The van der Waals surface area contributed by atoms with E-state index in [0.717, 1.165) is 22.1 Å². The largest absolute Gasteiger partial charge is 0.342 e. The zero-order valence-corrected chi connectivity index (χ0v) is 10.0. The molecule has 0 bridgehead atoms. The number of nitrogens with one attached hydrogen (secondary N) is 1. The Morgan fingerprint density at radius 3 is 3.21 bits per heavy atom. The Kier molecular flexibility index (Phi) is 1.96. The van der Waals surface area contributed by atoms with E-state index in [1.54, 1.807) is 18.7 Å². The Labute approximate surface area is 108 Å². The van der Waals surface area contributed by atoms with Gasteiger partial charge in [-0.3, -0.25) is 4.57 Å². The maximum atomic E-state index is 11.8. The Hall–Kier alpha value is -2.70. The van der Waals surface area contributed by atoms with Crippen molar-refractivity contribution in [2.45, 2.75) is 0 Å². The summed E-state index contributed by atoms with van der Waals surface area (Å²) in [5.41, 5.74) is 0.859. The molecule has 7 nitrogen and oxygen atoms in total. The van der Waals surface area contributed by atoms with Crippen LogP contribution in [0.5, 0.6) is 0 Å². The van der Waals surface area contributed by atoms with E-state index in [1.807, 2.05) is 27.8 Å². The van der Waals surface area contributed by atoms with E-state index in [0.29, 0.717) is 18.9 Å². The van der Waals surface area contributed by atoms with Crippen molar-refractivity contribution < 1.29 is 4.76 Å². The van der Waals surface area contributed by atoms with Crippen molar-refractivity contribution in [3.63, 3.8) is 0 Å². The minimum absolute atomic E-state index is 0.373. The van der Waals surface area contributed by atoms with Gasteiger partial charge in [0.1, 0.15) is 24.1 Å². The van der Waals surface area contributed by atoms with Crippen LogP contribution in [0.15, 0.2) is 59.4 Å². The predicted molar refractivity (Wildman–Crippen MR) is 67.6 cm³/mol. The fourth-order valence-electron chi connectivity index (χ4n) is 2.38. The summed E-state index contributed by atoms with van der Waals surface area (Å²) in [6.45, 7) is 0.999. The molecule has 1 aromatic rings. The molecule has 0 saturated heterocycles. The van der Waals surface area contributed by atoms with Crippen LogP contribution < -0.4 is 5.32 Å². The summed E-state index contributed by atoms with van der Waals surface area (Å²) in [5.74, 6) is 2.27. The molecule has 1 aromatic heterocycles. The third kappa shape index (κ3) is 1.44. The average molecular weight is 255 g/mol. The number of fused-ring (bicyclic) bond motifs is 2. The lowest BCUT2D eigenvalue weighted by molar-refractivity contribution is -0.496. The van der Waals surface area contributed by atoms with Crippen LogP contribution in [0.1, 0.15) is 0 Å². The van der Waals surface area contributed by atoms with Crippen molar-refractivity contribution in [1.29, 1.82) is 0 Å². The molecule has 19 heavy (non-hydrogen) atoms. The van der Waals surface area contributed by atoms with Crippen molar-refractivity contribution in [1.82, 2.24) is 19.8 Å². The number of rotatable bonds is 0. The summed E-state index contributed by atoms with van der Waals surface area (Å²) in [7, 11) is 0. The van der Waals surface area contributed by atoms with Crippen LogP contribution in [0.2, 0.25) is 0 Å². The molecule has 1 N–H and O–H groups in total. The number of allylic oxidation sites excluding steroid dienone is 1. The lowest BCUT2D eigenvalue weighted by Gasteiger charge is -2.24. The van der Waals surface area contributed by atoms with Crippen LogP contribution >= 0.6 is 0 Å². The van der Waals surface area contributed by atoms with E-state index in [2.05, 4.69) is 15.3 Å². The van der Waals surface area contributed by atoms with Crippen LogP contribution in [-0.4, -0.2) is 38.1 Å². The monoisotopic (exact) mass is 255 g/mol. The summed E-state index contributed by atoms with van der Waals surface area (Å²) < 4.78 is 2.82. The molecular weight excluding hydrogens is 244 g/mol. The molecule has 94 valence electrons. The molecule has 0 spiro atoms. The Balaban J connectivity index is 1.72. The zero-order valence-electron chi connectivity index (χ0n) is 10.0. The number of hydrogen-bond acceptors (Lipinski definition) is 5. The van der Waals surface area contributed by atoms with Gasteiger partial charge in [-0.05, 0) is 16.9 Å². The first-order chi connectivity index (χ1) is 9.33. The molecule has 4 rings (SSSR count). The van der Waals surface area contributed by atoms with Gasteiger partial charge in [-0.1, -0.05) is 4.91 Å². The fourth-order valence-corrected chi connectivity index (χ4v) is 2.38. The number of aliphatic imine (C=N–C) groups is 1. The maximum absolute atomic E-state index is 11.8. The summed E-state index contributed by atoms with van der Waals surface area (Å²) in [6, 6.07) is 0. The first-order valence-electron chi connectivity index (χ1n) is 5.98. The third-order valence-electron chi connectivity index (χ3n) is 3.29. The third-order valence-corrected chi connectivity index (χ3v) is 3.29. The van der Waals surface area contributed by atoms with E-state index in [-0.39, 0.29) is 0 Å². The van der Waals surface area contributed by atoms with Crippen molar-refractivity contribution in [3.05, 3.63) is 59.3 Å². The van der Waals surface area contributed by atoms with E-state index in [9.17, 15) is 4.91 Å². The highest BCUT2D eigenvalue weighted by atomic mass is 16.3. The lowest BCUT2D eigenvalue weighted by atomic mass is 10.2. The van der Waals surface area contributed by atoms with Crippen molar-refractivity contribution in [2.75, 3.05) is 13.1 Å². The molecule has 4 heterocycles. The quantitative estimate of drug-likeness (QED) is 0.680. The van der Waals surface area contributed by atoms with E-state index < -0.39 is 0 Å². The Morgan fingerprint density at radius 1 is 1.42 bits per heavy atom. The molecule has 0 radical (unpaired) electrons. The SMILES string of the molecule is O=[N+]1CC=CC2=C1NC=C1N=C(n3ccnc3)CN12. The molecule has 3 aliphatic heterocycles. The number of nitroso groups, excluding NO2 is 1. The zero-order chi connectivity index (χ0) is 12.8. The predicted octanol–water partition coefficient (Wildman–Crippen LogP) is 0.365. The number of imidazole rings is 1. The van der Waals surface area contributed by atoms with Gasteiger partial charge < -0.3 is 4.90 Å². The normalized spacial score (nSPS) is 20.8. The second-order valence-corrected chi connectivity index (χ2v) is 4.43. The Bertz CT molecular complexity index is 679. The van der Waals surface area contributed by atoms with Gasteiger partial charge >= 0.3 is 5.82 Å². The summed E-state index contributed by atoms with van der Waals surface area (Å²) in [4.78, 5) is 22.3. The van der Waals surface area contributed by atoms with Gasteiger partial charge in [0.2, 0.25) is 0 Å². The highest BCUT2D eigenvalue weighted by Crippen LogP contribution is 2.28. The summed E-state index contributed by atoms with van der Waals surface area (Å²) in [5, 5.41) is 3.01. The first-order valence-corrected chi connectivity index (χ1v) is 5.98. The fraction of sp³-hybridized carbons (Fsp3) is 0.167. The van der Waals surface area contributed by atoms with Gasteiger partial charge in [0.05, 0.1) is 6.54 Å². The van der Waals surface area contributed by atoms with Crippen molar-refractivity contribution in [3.8, 4) is 0 Å². The molecular formula is C12H11N6O+. The minimum Gasteiger partial charge on any atom is -0.309 e. The molecule has 0 unspecified atom stereocenters. The summed E-state index contributed by atoms with van der Waals surface area (Å²) in [6.07, 6.45) is 10.9. The second kappa shape index (κ2) is 3.64. The van der Waals surface area contributed by atoms with E-state index in [4.69, 9.17) is 0 Å². The van der Waals surface area contributed by atoms with Crippen molar-refractivity contribution >= 4 is 5.84 Å². The Morgan fingerprint density at radius 2 is 2.37 bits per heavy atom. The average Bonchev–Trinajstić information content (AvgIpc) is 3.08. The standard InChI is InChI=1S/C12H11N6O/c19-18-4-1-2-9-12(18)14-6-10-15-11(7-17(9)10)16-5-3-13-8-16/h1-3,5-6,8,14H,4,7H2/q+1. The van der Waals surface area contributed by atoms with Gasteiger partial charge in [0.15, 0.2) is 12.4 Å². The number of hydrogen-bond donors (Lipinski definition) is 1. The van der Waals surface area contributed by atoms with Gasteiger partial charge in [-0.15, -0.1) is 0 Å². The lowest BCUT2D eigenvalue weighted by Crippen LogP contribution is -2.35. The van der Waals surface area contributed by atoms with Crippen LogP contribution in [0.4, 0.5) is 0 Å². The van der Waals surface area contributed by atoms with E-state index in [1.165, 1.54) is 0 Å². The topological polar surface area (TPSA) is 65.5 Å². The molecule has 0 amide bonds. The van der Waals surface area contributed by atoms with Gasteiger partial charge in [0, 0.05) is 12.4 Å². The summed E-state index contributed by atoms with van der Waals surface area (Å²) >= 11 is 0. The first kappa shape index (κ1) is 10.2. The van der Waals surface area contributed by atoms with Crippen LogP contribution in [0.25, 0.3) is 0 Å². The minimum atomic E-state index is 0.373. The molecule has 0 aliphatic carbocycles. The maximum Gasteiger partial charge on any atom is 0.342 e. The molecule has 0 atom stereocenters. The molecule has 0 aromatic carbocycles. The van der Waals surface area contributed by atoms with E-state index >= 15 is 0 Å². The molecule has 0 saturated carbocycles. The smallest absolute Gasteiger partial charge is 0.309 e. The van der Waals surface area contributed by atoms with Gasteiger partial charge in [0.25, 0.3) is 0 Å². The van der Waals surface area contributed by atoms with Crippen molar-refractivity contribution in [2.24, 2.45) is 4.99 Å². The van der Waals surface area contributed by atoms with Crippen LogP contribution in [-0.2, 0) is 0 Å². The highest BCUT2D eigenvalue weighted by Gasteiger charge is 2.35. The highest BCUT2D eigenvalue weighted by molar-refractivity contribution is 5.89.